The molecule has 1 aromatic heterocycles. The largest absolute Gasteiger partial charge is 0.325 e. The van der Waals surface area contributed by atoms with E-state index in [9.17, 15) is 14.0 Å². The number of amides is 2. The van der Waals surface area contributed by atoms with Crippen molar-refractivity contribution in [1.29, 1.82) is 0 Å². The van der Waals surface area contributed by atoms with E-state index in [2.05, 4.69) is 15.6 Å². The van der Waals surface area contributed by atoms with Crippen LogP contribution in [0.3, 0.4) is 0 Å². The average Bonchev–Trinajstić information content (AvgIpc) is 2.57. The lowest BCUT2D eigenvalue weighted by Gasteiger charge is -2.30. The van der Waals surface area contributed by atoms with Crippen molar-refractivity contribution in [1.82, 2.24) is 4.98 Å². The van der Waals surface area contributed by atoms with Gasteiger partial charge >= 0.3 is 0 Å². The van der Waals surface area contributed by atoms with Crippen LogP contribution in [0, 0.1) is 11.2 Å². The van der Waals surface area contributed by atoms with Gasteiger partial charge in [-0.1, -0.05) is 20.8 Å². The number of hydrogen-bond acceptors (Lipinski definition) is 3. The third-order valence-corrected chi connectivity index (χ3v) is 4.47. The Labute approximate surface area is 145 Å². The molecule has 130 valence electrons. The first kappa shape index (κ1) is 17.1. The summed E-state index contributed by atoms with van der Waals surface area (Å²) >= 11 is 0. The van der Waals surface area contributed by atoms with Crippen LogP contribution in [-0.4, -0.2) is 16.8 Å². The first-order chi connectivity index (χ1) is 11.8. The van der Waals surface area contributed by atoms with Crippen LogP contribution in [0.25, 0.3) is 0 Å². The van der Waals surface area contributed by atoms with Gasteiger partial charge < -0.3 is 10.6 Å². The highest BCUT2D eigenvalue weighted by Gasteiger charge is 2.34. The molecule has 0 unspecified atom stereocenters. The van der Waals surface area contributed by atoms with Crippen molar-refractivity contribution in [2.75, 3.05) is 10.6 Å². The van der Waals surface area contributed by atoms with Crippen molar-refractivity contribution in [2.24, 2.45) is 5.41 Å². The number of fused-ring (bicyclic) bond motifs is 1. The van der Waals surface area contributed by atoms with E-state index in [0.717, 1.165) is 11.1 Å². The zero-order valence-corrected chi connectivity index (χ0v) is 14.4. The molecule has 2 N–H and O–H groups in total. The van der Waals surface area contributed by atoms with Gasteiger partial charge in [0.15, 0.2) is 0 Å². The van der Waals surface area contributed by atoms with Crippen LogP contribution in [0.4, 0.5) is 15.8 Å². The fraction of sp³-hybridized carbons (Fsp3) is 0.316. The molecule has 1 aliphatic heterocycles. The van der Waals surface area contributed by atoms with Crippen molar-refractivity contribution in [2.45, 2.75) is 33.6 Å². The Morgan fingerprint density at radius 2 is 2.16 bits per heavy atom. The summed E-state index contributed by atoms with van der Waals surface area (Å²) in [4.78, 5) is 28.5. The Balaban J connectivity index is 1.91. The van der Waals surface area contributed by atoms with E-state index in [0.29, 0.717) is 24.1 Å². The maximum atomic E-state index is 14.4. The van der Waals surface area contributed by atoms with Crippen LogP contribution in [0.2, 0.25) is 0 Å². The molecule has 0 saturated heterocycles. The molecule has 1 aromatic carbocycles. The molecule has 3 rings (SSSR count). The first-order valence-electron chi connectivity index (χ1n) is 8.20. The highest BCUT2D eigenvalue weighted by atomic mass is 19.1. The lowest BCUT2D eigenvalue weighted by Crippen LogP contribution is -2.37. The van der Waals surface area contributed by atoms with E-state index in [1.807, 2.05) is 20.8 Å². The summed E-state index contributed by atoms with van der Waals surface area (Å²) in [6, 6.07) is 4.47. The lowest BCUT2D eigenvalue weighted by molar-refractivity contribution is -0.124. The third kappa shape index (κ3) is 3.24. The quantitative estimate of drug-likeness (QED) is 0.897. The molecule has 0 spiro atoms. The summed E-state index contributed by atoms with van der Waals surface area (Å²) in [7, 11) is 0. The van der Waals surface area contributed by atoms with Gasteiger partial charge in [-0.05, 0) is 42.2 Å². The molecule has 0 fully saturated rings. The van der Waals surface area contributed by atoms with E-state index in [1.54, 1.807) is 18.3 Å². The third-order valence-electron chi connectivity index (χ3n) is 4.47. The minimum atomic E-state index is -0.584. The smallest absolute Gasteiger partial charge is 0.256 e. The minimum absolute atomic E-state index is 0.106. The SMILES string of the molecule is CCc1cnccc1C(=O)Nc1cc2c(cc1F)NC(=O)C(C)(C)C2. The van der Waals surface area contributed by atoms with Gasteiger partial charge in [0.25, 0.3) is 5.91 Å². The van der Waals surface area contributed by atoms with E-state index in [-0.39, 0.29) is 17.5 Å². The van der Waals surface area contributed by atoms with E-state index in [4.69, 9.17) is 0 Å². The number of carbonyl (C=O) groups excluding carboxylic acids is 2. The van der Waals surface area contributed by atoms with Crippen LogP contribution in [0.1, 0.15) is 42.3 Å². The number of anilines is 2. The Bertz CT molecular complexity index is 862. The second-order valence-electron chi connectivity index (χ2n) is 6.84. The monoisotopic (exact) mass is 341 g/mol. The van der Waals surface area contributed by atoms with Crippen molar-refractivity contribution in [3.05, 3.63) is 53.1 Å². The number of rotatable bonds is 3. The van der Waals surface area contributed by atoms with Gasteiger partial charge in [-0.25, -0.2) is 4.39 Å². The Morgan fingerprint density at radius 1 is 1.40 bits per heavy atom. The average molecular weight is 341 g/mol. The van der Waals surface area contributed by atoms with Gasteiger partial charge in [0.2, 0.25) is 5.91 Å². The zero-order chi connectivity index (χ0) is 18.2. The molecule has 0 saturated carbocycles. The van der Waals surface area contributed by atoms with Crippen LogP contribution >= 0.6 is 0 Å². The van der Waals surface area contributed by atoms with Crippen LogP contribution in [0.15, 0.2) is 30.6 Å². The Kier molecular flexibility index (Phi) is 4.29. The molecule has 0 atom stereocenters. The number of aromatic nitrogens is 1. The van der Waals surface area contributed by atoms with Crippen LogP contribution in [-0.2, 0) is 17.6 Å². The predicted octanol–water partition coefficient (Wildman–Crippen LogP) is 3.56. The molecule has 2 amide bonds. The van der Waals surface area contributed by atoms with Gasteiger partial charge in [-0.3, -0.25) is 14.6 Å². The second kappa shape index (κ2) is 6.27. The van der Waals surface area contributed by atoms with E-state index in [1.165, 1.54) is 12.3 Å². The summed E-state index contributed by atoms with van der Waals surface area (Å²) in [5.74, 6) is -1.10. The van der Waals surface area contributed by atoms with Gasteiger partial charge in [0.1, 0.15) is 5.82 Å². The minimum Gasteiger partial charge on any atom is -0.325 e. The van der Waals surface area contributed by atoms with E-state index >= 15 is 0 Å². The number of halogens is 1. The molecule has 0 radical (unpaired) electrons. The predicted molar refractivity (Wildman–Crippen MR) is 94.1 cm³/mol. The van der Waals surface area contributed by atoms with E-state index < -0.39 is 11.2 Å². The lowest BCUT2D eigenvalue weighted by atomic mass is 9.81. The highest BCUT2D eigenvalue weighted by Crippen LogP contribution is 2.36. The molecular weight excluding hydrogens is 321 g/mol. The summed E-state index contributed by atoms with van der Waals surface area (Å²) in [5, 5.41) is 5.36. The zero-order valence-electron chi connectivity index (χ0n) is 14.4. The van der Waals surface area contributed by atoms with Gasteiger partial charge in [0.05, 0.1) is 5.69 Å². The molecule has 25 heavy (non-hydrogen) atoms. The van der Waals surface area contributed by atoms with Crippen LogP contribution in [0.5, 0.6) is 0 Å². The van der Waals surface area contributed by atoms with Crippen molar-refractivity contribution >= 4 is 23.2 Å². The summed E-state index contributed by atoms with van der Waals surface area (Å²) < 4.78 is 14.4. The molecule has 2 aromatic rings. The highest BCUT2D eigenvalue weighted by molar-refractivity contribution is 6.06. The van der Waals surface area contributed by atoms with Crippen LogP contribution < -0.4 is 10.6 Å². The normalized spacial score (nSPS) is 15.3. The molecule has 6 heteroatoms. The van der Waals surface area contributed by atoms with Gasteiger partial charge in [-0.2, -0.15) is 0 Å². The number of carbonyl (C=O) groups is 2. The number of pyridine rings is 1. The molecule has 0 aliphatic carbocycles. The fourth-order valence-electron chi connectivity index (χ4n) is 2.94. The summed E-state index contributed by atoms with van der Waals surface area (Å²) in [6.07, 6.45) is 4.31. The summed E-state index contributed by atoms with van der Waals surface area (Å²) in [5.41, 5.74) is 2.06. The van der Waals surface area contributed by atoms with Gasteiger partial charge in [0, 0.05) is 29.1 Å². The molecule has 5 nitrogen and oxygen atoms in total. The maximum Gasteiger partial charge on any atom is 0.256 e. The molecule has 0 bridgehead atoms. The number of benzene rings is 1. The van der Waals surface area contributed by atoms with Gasteiger partial charge in [-0.15, -0.1) is 0 Å². The summed E-state index contributed by atoms with van der Waals surface area (Å²) in [6.45, 7) is 5.59. The first-order valence-corrected chi connectivity index (χ1v) is 8.20. The topological polar surface area (TPSA) is 71.1 Å². The van der Waals surface area contributed by atoms with Crippen molar-refractivity contribution in [3.8, 4) is 0 Å². The number of hydrogen-bond donors (Lipinski definition) is 2. The number of nitrogens with one attached hydrogen (secondary N) is 2. The molecule has 1 aliphatic rings. The van der Waals surface area contributed by atoms with Crippen molar-refractivity contribution in [3.63, 3.8) is 0 Å². The fourth-order valence-corrected chi connectivity index (χ4v) is 2.94. The number of aryl methyl sites for hydroxylation is 1. The second-order valence-corrected chi connectivity index (χ2v) is 6.84. The Hall–Kier alpha value is -2.76. The Morgan fingerprint density at radius 3 is 2.88 bits per heavy atom. The standard InChI is InChI=1S/C19H20FN3O2/c1-4-11-10-21-6-5-13(11)17(24)22-16-7-12-9-19(2,3)18(25)23-15(12)8-14(16)20/h5-8,10H,4,9H2,1-3H3,(H,22,24)(H,23,25). The molecule has 2 heterocycles. The molecular formula is C19H20FN3O2. The van der Waals surface area contributed by atoms with Crippen molar-refractivity contribution < 1.29 is 14.0 Å². The number of nitrogens with zero attached hydrogens (tertiary/aromatic N) is 1. The maximum absolute atomic E-state index is 14.4.